The fraction of sp³-hybridized carbons (Fsp3) is 0.214. The van der Waals surface area contributed by atoms with Crippen molar-refractivity contribution >= 4 is 16.8 Å². The largest absolute Gasteiger partial charge is 0.357 e. The summed E-state index contributed by atoms with van der Waals surface area (Å²) in [5, 5.41) is 9.66. The van der Waals surface area contributed by atoms with Crippen LogP contribution in [0.2, 0.25) is 0 Å². The number of H-pyrrole nitrogens is 1. The molecule has 0 fully saturated rings. The number of hydrogen-bond acceptors (Lipinski definition) is 2. The third kappa shape index (κ3) is 2.21. The highest BCUT2D eigenvalue weighted by atomic mass is 16.2. The molecule has 0 aliphatic heterocycles. The molecule has 0 saturated carbocycles. The van der Waals surface area contributed by atoms with Gasteiger partial charge in [-0.2, -0.15) is 5.26 Å². The van der Waals surface area contributed by atoms with Crippen LogP contribution in [0, 0.1) is 17.2 Å². The van der Waals surface area contributed by atoms with E-state index in [2.05, 4.69) is 4.98 Å². The molecule has 1 radical (unpaired) electrons. The minimum atomic E-state index is -0.136. The number of nitrogens with zero attached hydrogens (tertiary/aromatic N) is 2. The van der Waals surface area contributed by atoms with Crippen LogP contribution in [0.3, 0.4) is 0 Å². The van der Waals surface area contributed by atoms with Crippen LogP contribution in [0.5, 0.6) is 0 Å². The number of hydrogen-bond donors (Lipinski definition) is 1. The third-order valence-corrected chi connectivity index (χ3v) is 2.91. The molecule has 18 heavy (non-hydrogen) atoms. The average molecular weight is 240 g/mol. The van der Waals surface area contributed by atoms with E-state index in [-0.39, 0.29) is 12.5 Å². The lowest BCUT2D eigenvalue weighted by Crippen LogP contribution is -2.31. The van der Waals surface area contributed by atoms with Gasteiger partial charge in [0.05, 0.1) is 6.07 Å². The number of carbonyl (C=O) groups is 1. The Kier molecular flexibility index (Phi) is 3.33. The number of aromatic nitrogens is 1. The Morgan fingerprint density at radius 1 is 1.44 bits per heavy atom. The Bertz CT molecular complexity index is 576. The second-order valence-corrected chi connectivity index (χ2v) is 4.21. The molecule has 1 N–H and O–H groups in total. The summed E-state index contributed by atoms with van der Waals surface area (Å²) in [7, 11) is 1.62. The van der Waals surface area contributed by atoms with Crippen molar-refractivity contribution in [2.45, 2.75) is 6.92 Å². The summed E-state index contributed by atoms with van der Waals surface area (Å²) >= 11 is 0. The highest BCUT2D eigenvalue weighted by Crippen LogP contribution is 2.21. The van der Waals surface area contributed by atoms with Crippen LogP contribution < -0.4 is 0 Å². The van der Waals surface area contributed by atoms with Gasteiger partial charge < -0.3 is 9.88 Å². The van der Waals surface area contributed by atoms with E-state index >= 15 is 0 Å². The van der Waals surface area contributed by atoms with Crippen molar-refractivity contribution in [3.05, 3.63) is 41.9 Å². The smallest absolute Gasteiger partial charge is 0.236 e. The Morgan fingerprint density at radius 2 is 2.17 bits per heavy atom. The molecule has 0 atom stereocenters. The highest BCUT2D eigenvalue weighted by molar-refractivity contribution is 5.95. The molecule has 2 aromatic rings. The molecule has 1 aromatic heterocycles. The molecule has 0 unspecified atom stereocenters. The van der Waals surface area contributed by atoms with Crippen LogP contribution in [0.1, 0.15) is 12.6 Å². The first-order chi connectivity index (χ1) is 8.63. The molecule has 0 bridgehead atoms. The van der Waals surface area contributed by atoms with Gasteiger partial charge >= 0.3 is 0 Å². The van der Waals surface area contributed by atoms with Gasteiger partial charge in [-0.1, -0.05) is 18.2 Å². The molecule has 0 spiro atoms. The van der Waals surface area contributed by atoms with Crippen molar-refractivity contribution in [2.75, 3.05) is 13.6 Å². The van der Waals surface area contributed by atoms with E-state index in [0.717, 1.165) is 16.6 Å². The minimum Gasteiger partial charge on any atom is -0.357 e. The highest BCUT2D eigenvalue weighted by Gasteiger charge is 2.21. The number of nitrogens with one attached hydrogen (secondary N) is 1. The second-order valence-electron chi connectivity index (χ2n) is 4.21. The van der Waals surface area contributed by atoms with Crippen LogP contribution >= 0.6 is 0 Å². The number of likely N-dealkylation sites (N-methyl/N-ethyl adjacent to an activating group) is 1. The Labute approximate surface area is 106 Å². The topological polar surface area (TPSA) is 59.9 Å². The van der Waals surface area contributed by atoms with Gasteiger partial charge in [-0.3, -0.25) is 4.79 Å². The van der Waals surface area contributed by atoms with Gasteiger partial charge in [0.2, 0.25) is 5.91 Å². The maximum Gasteiger partial charge on any atom is 0.236 e. The number of aromatic amines is 1. The molecule has 1 amide bonds. The standard InChI is InChI=1S/C14H14N3O/c1-10(14(18)17(2)8-7-15)13-9-11-5-3-4-6-12(11)16-13/h3-6,9,16H,8H2,1-2H3. The SMILES string of the molecule is C[C](C(=O)N(C)CC#N)c1cc2ccccc2[nH]1. The second kappa shape index (κ2) is 4.92. The Hall–Kier alpha value is -2.28. The zero-order valence-electron chi connectivity index (χ0n) is 10.4. The zero-order valence-corrected chi connectivity index (χ0v) is 10.4. The van der Waals surface area contributed by atoms with Gasteiger partial charge in [0.25, 0.3) is 0 Å². The Balaban J connectivity index is 2.25. The number of para-hydroxylation sites is 1. The van der Waals surface area contributed by atoms with Gasteiger partial charge in [0.15, 0.2) is 0 Å². The first-order valence-corrected chi connectivity index (χ1v) is 5.67. The van der Waals surface area contributed by atoms with Crippen LogP contribution in [0.4, 0.5) is 0 Å². The molecule has 91 valence electrons. The normalized spacial score (nSPS) is 10.6. The monoisotopic (exact) mass is 240 g/mol. The van der Waals surface area contributed by atoms with Crippen molar-refractivity contribution in [3.8, 4) is 6.07 Å². The van der Waals surface area contributed by atoms with Crippen molar-refractivity contribution in [1.82, 2.24) is 9.88 Å². The molecular weight excluding hydrogens is 226 g/mol. The number of benzene rings is 1. The molecule has 1 heterocycles. The van der Waals surface area contributed by atoms with E-state index in [9.17, 15) is 4.79 Å². The molecule has 1 aromatic carbocycles. The van der Waals surface area contributed by atoms with E-state index in [1.54, 1.807) is 14.0 Å². The van der Waals surface area contributed by atoms with Gasteiger partial charge in [-0.15, -0.1) is 0 Å². The summed E-state index contributed by atoms with van der Waals surface area (Å²) in [6.45, 7) is 1.86. The fourth-order valence-corrected chi connectivity index (χ4v) is 1.85. The van der Waals surface area contributed by atoms with Crippen molar-refractivity contribution in [3.63, 3.8) is 0 Å². The van der Waals surface area contributed by atoms with Crippen molar-refractivity contribution in [1.29, 1.82) is 5.26 Å². The number of rotatable bonds is 3. The molecule has 2 rings (SSSR count). The van der Waals surface area contributed by atoms with E-state index in [0.29, 0.717) is 5.92 Å². The van der Waals surface area contributed by atoms with E-state index in [4.69, 9.17) is 5.26 Å². The molecule has 0 aliphatic carbocycles. The fourth-order valence-electron chi connectivity index (χ4n) is 1.85. The van der Waals surface area contributed by atoms with Gasteiger partial charge in [0.1, 0.15) is 12.5 Å². The van der Waals surface area contributed by atoms with Crippen LogP contribution in [-0.2, 0) is 4.79 Å². The third-order valence-electron chi connectivity index (χ3n) is 2.91. The molecule has 4 heteroatoms. The summed E-state index contributed by atoms with van der Waals surface area (Å²) in [5.74, 6) is 0.479. The summed E-state index contributed by atoms with van der Waals surface area (Å²) in [4.78, 5) is 16.6. The summed E-state index contributed by atoms with van der Waals surface area (Å²) in [6, 6.07) is 11.8. The first kappa shape index (κ1) is 12.2. The first-order valence-electron chi connectivity index (χ1n) is 5.67. The summed E-state index contributed by atoms with van der Waals surface area (Å²) in [5.41, 5.74) is 1.80. The molecular formula is C14H14N3O. The molecule has 0 aliphatic rings. The number of amides is 1. The van der Waals surface area contributed by atoms with Gasteiger partial charge in [-0.25, -0.2) is 0 Å². The Morgan fingerprint density at radius 3 is 2.83 bits per heavy atom. The number of nitriles is 1. The van der Waals surface area contributed by atoms with Gasteiger partial charge in [-0.05, 0) is 24.4 Å². The van der Waals surface area contributed by atoms with Crippen LogP contribution in [0.25, 0.3) is 10.9 Å². The van der Waals surface area contributed by atoms with E-state index in [1.165, 1.54) is 4.90 Å². The van der Waals surface area contributed by atoms with E-state index < -0.39 is 0 Å². The lowest BCUT2D eigenvalue weighted by molar-refractivity contribution is -0.126. The lowest BCUT2D eigenvalue weighted by Gasteiger charge is -2.16. The van der Waals surface area contributed by atoms with Crippen LogP contribution in [-0.4, -0.2) is 29.4 Å². The van der Waals surface area contributed by atoms with Crippen molar-refractivity contribution in [2.24, 2.45) is 0 Å². The van der Waals surface area contributed by atoms with Gasteiger partial charge in [0, 0.05) is 18.3 Å². The zero-order chi connectivity index (χ0) is 13.1. The maximum absolute atomic E-state index is 12.0. The van der Waals surface area contributed by atoms with E-state index in [1.807, 2.05) is 36.4 Å². The predicted molar refractivity (Wildman–Crippen MR) is 69.6 cm³/mol. The minimum absolute atomic E-state index is 0.0937. The summed E-state index contributed by atoms with van der Waals surface area (Å²) in [6.07, 6.45) is 0. The number of fused-ring (bicyclic) bond motifs is 1. The summed E-state index contributed by atoms with van der Waals surface area (Å²) < 4.78 is 0. The van der Waals surface area contributed by atoms with Crippen LogP contribution in [0.15, 0.2) is 30.3 Å². The quantitative estimate of drug-likeness (QED) is 0.835. The predicted octanol–water partition coefficient (Wildman–Crippen LogP) is 2.09. The maximum atomic E-state index is 12.0. The van der Waals surface area contributed by atoms with Crippen molar-refractivity contribution < 1.29 is 4.79 Å². The average Bonchev–Trinajstić information content (AvgIpc) is 2.81. The molecule has 4 nitrogen and oxygen atoms in total. The molecule has 0 saturated heterocycles. The lowest BCUT2D eigenvalue weighted by atomic mass is 10.1. The number of carbonyl (C=O) groups excluding carboxylic acids is 1.